The maximum absolute atomic E-state index is 6.66. The molecular formula is C60H52IrN4OSi-2. The monoisotopic (exact) mass is 1070 g/mol. The van der Waals surface area contributed by atoms with Crippen molar-refractivity contribution in [2.45, 2.75) is 59.2 Å². The molecule has 0 aliphatic heterocycles. The maximum Gasteiger partial charge on any atom is 0.216 e. The zero-order chi connectivity index (χ0) is 45.5. The SMILES string of the molecule is CC(C)c1cc(-c2ccc3ccccc3c2)cc(C(C)C)c1-n1c(-c2[c-]ccc3c2oc2nc(-c4ccccc4)ccc23)nc2ccccc21.C[Si](C)(C)c1ccc(-c2[c-]cccc2)nc1.[Ir]. The van der Waals surface area contributed by atoms with Gasteiger partial charge in [-0.2, -0.15) is 0 Å². The maximum atomic E-state index is 6.66. The molecule has 0 saturated carbocycles. The Morgan fingerprint density at radius 2 is 1.27 bits per heavy atom. The summed E-state index contributed by atoms with van der Waals surface area (Å²) in [7, 11) is -1.23. The van der Waals surface area contributed by atoms with Crippen LogP contribution in [0.1, 0.15) is 50.7 Å². The van der Waals surface area contributed by atoms with Crippen LogP contribution < -0.4 is 5.19 Å². The second-order valence-corrected chi connectivity index (χ2v) is 23.8. The van der Waals surface area contributed by atoms with Gasteiger partial charge in [0, 0.05) is 42.9 Å². The molecule has 0 N–H and O–H groups in total. The third-order valence-electron chi connectivity index (χ3n) is 12.5. The first-order valence-corrected chi connectivity index (χ1v) is 26.4. The summed E-state index contributed by atoms with van der Waals surface area (Å²) in [6, 6.07) is 66.0. The topological polar surface area (TPSA) is 56.7 Å². The van der Waals surface area contributed by atoms with Gasteiger partial charge in [-0.25, -0.2) is 4.98 Å². The predicted octanol–water partition coefficient (Wildman–Crippen LogP) is 15.6. The van der Waals surface area contributed by atoms with Gasteiger partial charge in [0.05, 0.1) is 36.2 Å². The fraction of sp³-hybridized carbons (Fsp3) is 0.150. The Balaban J connectivity index is 0.000000281. The molecule has 4 aromatic heterocycles. The summed E-state index contributed by atoms with van der Waals surface area (Å²) in [5, 5.41) is 5.86. The van der Waals surface area contributed by atoms with Crippen LogP contribution in [0.4, 0.5) is 0 Å². The molecule has 0 spiro atoms. The van der Waals surface area contributed by atoms with Crippen LogP contribution in [-0.2, 0) is 20.1 Å². The number of furan rings is 1. The van der Waals surface area contributed by atoms with Crippen molar-refractivity contribution in [2.24, 2.45) is 0 Å². The van der Waals surface area contributed by atoms with Gasteiger partial charge in [0.2, 0.25) is 5.71 Å². The summed E-state index contributed by atoms with van der Waals surface area (Å²) in [4.78, 5) is 14.8. The van der Waals surface area contributed by atoms with Gasteiger partial charge >= 0.3 is 0 Å². The van der Waals surface area contributed by atoms with Gasteiger partial charge in [-0.1, -0.05) is 149 Å². The summed E-state index contributed by atoms with van der Waals surface area (Å²) < 4.78 is 9.01. The molecular weight excluding hydrogens is 1010 g/mol. The molecule has 4 heterocycles. The van der Waals surface area contributed by atoms with E-state index in [4.69, 9.17) is 14.4 Å². The fourth-order valence-electron chi connectivity index (χ4n) is 8.88. The Labute approximate surface area is 408 Å². The van der Waals surface area contributed by atoms with Crippen LogP contribution in [0.5, 0.6) is 0 Å². The third-order valence-corrected chi connectivity index (χ3v) is 14.5. The van der Waals surface area contributed by atoms with E-state index < -0.39 is 8.07 Å². The molecule has 0 bridgehead atoms. The number of pyridine rings is 2. The summed E-state index contributed by atoms with van der Waals surface area (Å²) in [6.45, 7) is 16.1. The molecule has 67 heavy (non-hydrogen) atoms. The number of hydrogen-bond acceptors (Lipinski definition) is 4. The number of rotatable bonds is 8. The van der Waals surface area contributed by atoms with Crippen molar-refractivity contribution in [1.29, 1.82) is 0 Å². The van der Waals surface area contributed by atoms with Crippen molar-refractivity contribution in [1.82, 2.24) is 19.5 Å². The van der Waals surface area contributed by atoms with Crippen molar-refractivity contribution < 1.29 is 24.5 Å². The van der Waals surface area contributed by atoms with Crippen LogP contribution in [0.2, 0.25) is 19.6 Å². The Kier molecular flexibility index (Phi) is 12.8. The van der Waals surface area contributed by atoms with E-state index in [2.05, 4.69) is 190 Å². The molecule has 0 aliphatic rings. The summed E-state index contributed by atoms with van der Waals surface area (Å²) in [5.41, 5.74) is 14.3. The molecule has 0 amide bonds. The molecule has 0 unspecified atom stereocenters. The van der Waals surface area contributed by atoms with E-state index >= 15 is 0 Å². The van der Waals surface area contributed by atoms with E-state index in [1.807, 2.05) is 54.7 Å². The standard InChI is InChI=1S/C46H36N3O.C14H16NSi.Ir/c1-28(2)38-26-34(33-22-21-30-13-8-9-16-32(30)25-33)27-39(29(3)4)43(38)49-42-20-11-10-19-41(42)47-45(49)37-18-12-17-35-36-23-24-40(31-14-6-5-7-15-31)48-46(36)50-44(35)37;1-16(2,3)13-9-10-14(15-11-13)12-7-5-4-6-8-12;/h5-17,19-29H,1-4H3;4-7,9-11H,1-3H3;/q2*-1;. The Bertz CT molecular complexity index is 3490. The number of hydrogen-bond donors (Lipinski definition) is 0. The Morgan fingerprint density at radius 3 is 1.97 bits per heavy atom. The number of nitrogens with zero attached hydrogens (tertiary/aromatic N) is 4. The molecule has 11 aromatic rings. The number of fused-ring (bicyclic) bond motifs is 5. The molecule has 0 aliphatic carbocycles. The average molecular weight is 1070 g/mol. The Morgan fingerprint density at radius 1 is 0.567 bits per heavy atom. The molecule has 7 aromatic carbocycles. The molecule has 0 saturated heterocycles. The minimum atomic E-state index is -1.23. The third kappa shape index (κ3) is 8.95. The summed E-state index contributed by atoms with van der Waals surface area (Å²) in [5.74, 6) is 1.31. The van der Waals surface area contributed by atoms with E-state index in [1.165, 1.54) is 43.9 Å². The molecule has 0 fully saturated rings. The van der Waals surface area contributed by atoms with Crippen molar-refractivity contribution in [2.75, 3.05) is 0 Å². The summed E-state index contributed by atoms with van der Waals surface area (Å²) in [6.07, 6.45) is 2.02. The smallest absolute Gasteiger partial charge is 0.216 e. The first-order valence-electron chi connectivity index (χ1n) is 22.9. The quantitative estimate of drug-likeness (QED) is 0.112. The molecule has 7 heteroatoms. The van der Waals surface area contributed by atoms with E-state index in [-0.39, 0.29) is 31.9 Å². The van der Waals surface area contributed by atoms with E-state index in [0.717, 1.165) is 61.3 Å². The largest absolute Gasteiger partial charge is 0.486 e. The molecule has 333 valence electrons. The first kappa shape index (κ1) is 45.4. The molecule has 11 rings (SSSR count). The minimum Gasteiger partial charge on any atom is -0.486 e. The second-order valence-electron chi connectivity index (χ2n) is 18.7. The molecule has 1 radical (unpaired) electrons. The van der Waals surface area contributed by atoms with E-state index in [0.29, 0.717) is 5.71 Å². The molecule has 5 nitrogen and oxygen atoms in total. The van der Waals surface area contributed by atoms with Gasteiger partial charge in [-0.15, -0.1) is 54.1 Å². The van der Waals surface area contributed by atoms with Crippen LogP contribution >= 0.6 is 0 Å². The van der Waals surface area contributed by atoms with Gasteiger partial charge in [-0.3, -0.25) is 4.98 Å². The van der Waals surface area contributed by atoms with E-state index in [1.54, 1.807) is 0 Å². The van der Waals surface area contributed by atoms with Crippen LogP contribution in [0.15, 0.2) is 180 Å². The Hall–Kier alpha value is -6.76. The van der Waals surface area contributed by atoms with Crippen LogP contribution in [0.25, 0.3) is 94.6 Å². The van der Waals surface area contributed by atoms with E-state index in [9.17, 15) is 0 Å². The normalized spacial score (nSPS) is 11.7. The van der Waals surface area contributed by atoms with Crippen molar-refractivity contribution >= 4 is 57.1 Å². The van der Waals surface area contributed by atoms with Crippen LogP contribution in [0, 0.1) is 12.1 Å². The average Bonchev–Trinajstić information content (AvgIpc) is 3.92. The zero-order valence-electron chi connectivity index (χ0n) is 38.9. The van der Waals surface area contributed by atoms with Crippen molar-refractivity contribution in [3.05, 3.63) is 199 Å². The minimum absolute atomic E-state index is 0. The predicted molar refractivity (Wildman–Crippen MR) is 278 cm³/mol. The van der Waals surface area contributed by atoms with Gasteiger partial charge in [-0.05, 0) is 98.2 Å². The second kappa shape index (κ2) is 18.8. The van der Waals surface area contributed by atoms with Gasteiger partial charge < -0.3 is 14.0 Å². The molecule has 0 atom stereocenters. The van der Waals surface area contributed by atoms with Crippen LogP contribution in [-0.4, -0.2) is 27.6 Å². The van der Waals surface area contributed by atoms with Crippen molar-refractivity contribution in [3.63, 3.8) is 0 Å². The fourth-order valence-corrected chi connectivity index (χ4v) is 9.92. The number of imidazole rings is 1. The summed E-state index contributed by atoms with van der Waals surface area (Å²) >= 11 is 0. The van der Waals surface area contributed by atoms with Crippen molar-refractivity contribution in [3.8, 4) is 50.7 Å². The van der Waals surface area contributed by atoms with Gasteiger partial charge in [0.15, 0.2) is 0 Å². The number of benzene rings is 7. The number of para-hydroxylation sites is 2. The van der Waals surface area contributed by atoms with Crippen LogP contribution in [0.3, 0.4) is 0 Å². The number of aromatic nitrogens is 4. The first-order chi connectivity index (χ1) is 32.0. The zero-order valence-corrected chi connectivity index (χ0v) is 42.3. The van der Waals surface area contributed by atoms with Gasteiger partial charge in [0.1, 0.15) is 0 Å². The van der Waals surface area contributed by atoms with Gasteiger partial charge in [0.25, 0.3) is 0 Å².